The first-order valence-electron chi connectivity index (χ1n) is 21.8. The number of aliphatic hydroxyl groups is 9. The highest BCUT2D eigenvalue weighted by atomic mass is 16.5. The Morgan fingerprint density at radius 2 is 0.770 bits per heavy atom. The van der Waals surface area contributed by atoms with Crippen LogP contribution in [0.4, 0.5) is 0 Å². The Morgan fingerprint density at radius 3 is 0.984 bits per heavy atom. The molecule has 0 rings (SSSR count). The number of methoxy groups -OCH3 is 4. The fraction of sp³-hybridized carbons (Fsp3) is 1.00. The molecule has 18 heteroatoms. The van der Waals surface area contributed by atoms with Gasteiger partial charge in [-0.25, -0.2) is 0 Å². The van der Waals surface area contributed by atoms with E-state index in [0.717, 1.165) is 64.8 Å². The van der Waals surface area contributed by atoms with Gasteiger partial charge in [-0.1, -0.05) is 33.6 Å². The van der Waals surface area contributed by atoms with Crippen LogP contribution in [0.15, 0.2) is 0 Å². The molecule has 0 aliphatic carbocycles. The molecule has 0 amide bonds. The van der Waals surface area contributed by atoms with Crippen molar-refractivity contribution < 1.29 is 88.6 Å². The number of rotatable bonds is 30. The van der Waals surface area contributed by atoms with Crippen LogP contribution in [0, 0.1) is 0 Å². The Labute approximate surface area is 373 Å². The molecule has 0 aliphatic heterocycles. The van der Waals surface area contributed by atoms with E-state index < -0.39 is 0 Å². The summed E-state index contributed by atoms with van der Waals surface area (Å²) in [6, 6.07) is 0. The van der Waals surface area contributed by atoms with Crippen LogP contribution in [0.25, 0.3) is 0 Å². The fourth-order valence-corrected chi connectivity index (χ4v) is 2.56. The molecule has 0 heterocycles. The third kappa shape index (κ3) is 166. The van der Waals surface area contributed by atoms with Crippen molar-refractivity contribution in [1.29, 1.82) is 0 Å². The van der Waals surface area contributed by atoms with Gasteiger partial charge in [-0.15, -0.1) is 0 Å². The van der Waals surface area contributed by atoms with E-state index in [0.29, 0.717) is 66.1 Å². The zero-order valence-electron chi connectivity index (χ0n) is 41.4. The zero-order valence-corrected chi connectivity index (χ0v) is 41.4. The van der Waals surface area contributed by atoms with E-state index in [4.69, 9.17) is 74.4 Å². The van der Waals surface area contributed by atoms with E-state index in [1.807, 2.05) is 27.7 Å². The molecule has 0 aliphatic rings. The molecule has 384 valence electrons. The summed E-state index contributed by atoms with van der Waals surface area (Å²) in [5.41, 5.74) is 0. The second-order valence-electron chi connectivity index (χ2n) is 12.4. The van der Waals surface area contributed by atoms with Crippen molar-refractivity contribution in [3.05, 3.63) is 0 Å². The van der Waals surface area contributed by atoms with E-state index in [1.54, 1.807) is 49.2 Å². The van der Waals surface area contributed by atoms with Gasteiger partial charge in [-0.05, 0) is 73.6 Å². The first-order valence-corrected chi connectivity index (χ1v) is 21.8. The van der Waals surface area contributed by atoms with E-state index >= 15 is 0 Å². The van der Waals surface area contributed by atoms with E-state index in [-0.39, 0.29) is 64.1 Å². The SMILES string of the molecule is CCCCOCC(C)O.CCCCOCCO.CCCOCCO.CCOCC(C)O.CCOCCO.COC(C)CCO.COCC(C)O.COCCCO.COCCO. The summed E-state index contributed by atoms with van der Waals surface area (Å²) < 4.78 is 43.0. The standard InChI is InChI=1S/C7H16O2.C6H14O2.3C5H12O2.3C4H10O2.C3H8O2/c1-3-4-5-9-6-7(2)8;1-2-3-5-8-6-4-7;1-5(7-2)3-4-6;1-3-7-4-5(2)6;1-2-4-7-5-3-6;1-4(5)3-6-2;1-6-4-2-3-5;1-2-6-4-3-5;1-5-3-2-4/h7-8H,3-6H2,1-2H3;7H,2-6H2,1H3;2*5-6H,3-4H2,1-2H3;6H,2-5H2,1H3;4-5H,3H2,1-2H3;2*5H,2-4H2,1H3;4H,2-3H2,1H3. The maximum absolute atomic E-state index is 8.73. The van der Waals surface area contributed by atoms with Crippen molar-refractivity contribution >= 4 is 0 Å². The fourth-order valence-electron chi connectivity index (χ4n) is 2.56. The highest BCUT2D eigenvalue weighted by Crippen LogP contribution is 1.91. The van der Waals surface area contributed by atoms with E-state index in [9.17, 15) is 0 Å². The molecule has 0 radical (unpaired) electrons. The van der Waals surface area contributed by atoms with Crippen molar-refractivity contribution in [3.63, 3.8) is 0 Å². The van der Waals surface area contributed by atoms with Crippen LogP contribution < -0.4 is 0 Å². The lowest BCUT2D eigenvalue weighted by Crippen LogP contribution is -2.10. The Hall–Kier alpha value is -0.720. The van der Waals surface area contributed by atoms with Gasteiger partial charge in [-0.2, -0.15) is 0 Å². The molecular weight excluding hydrogens is 804 g/mol. The van der Waals surface area contributed by atoms with Crippen molar-refractivity contribution in [2.24, 2.45) is 0 Å². The lowest BCUT2D eigenvalue weighted by molar-refractivity contribution is 0.0450. The van der Waals surface area contributed by atoms with Crippen LogP contribution in [0.1, 0.15) is 107 Å². The average Bonchev–Trinajstić information content (AvgIpc) is 3.24. The van der Waals surface area contributed by atoms with Crippen LogP contribution >= 0.6 is 0 Å². The maximum Gasteiger partial charge on any atom is 0.0745 e. The van der Waals surface area contributed by atoms with Gasteiger partial charge in [-0.3, -0.25) is 0 Å². The van der Waals surface area contributed by atoms with Crippen molar-refractivity contribution in [2.75, 3.05) is 154 Å². The minimum Gasteiger partial charge on any atom is -0.396 e. The van der Waals surface area contributed by atoms with Gasteiger partial charge in [0.1, 0.15) is 0 Å². The van der Waals surface area contributed by atoms with Crippen molar-refractivity contribution in [1.82, 2.24) is 0 Å². The highest BCUT2D eigenvalue weighted by molar-refractivity contribution is 4.44. The molecule has 0 aromatic rings. The summed E-state index contributed by atoms with van der Waals surface area (Å²) in [4.78, 5) is 0. The minimum atomic E-state index is -0.324. The van der Waals surface area contributed by atoms with Gasteiger partial charge in [0.2, 0.25) is 0 Å². The Balaban J connectivity index is -0.0000000716. The maximum atomic E-state index is 8.73. The number of unbranched alkanes of at least 4 members (excludes halogenated alkanes) is 2. The molecule has 0 fully saturated rings. The predicted molar refractivity (Wildman–Crippen MR) is 244 cm³/mol. The number of hydrogen-bond donors (Lipinski definition) is 9. The smallest absolute Gasteiger partial charge is 0.0745 e. The first-order chi connectivity index (χ1) is 29.2. The largest absolute Gasteiger partial charge is 0.396 e. The lowest BCUT2D eigenvalue weighted by Gasteiger charge is -2.04. The summed E-state index contributed by atoms with van der Waals surface area (Å²) in [5.74, 6) is 0. The van der Waals surface area contributed by atoms with Crippen LogP contribution in [0.3, 0.4) is 0 Å². The molecule has 9 N–H and O–H groups in total. The monoisotopic (exact) mass is 909 g/mol. The van der Waals surface area contributed by atoms with Crippen LogP contribution in [-0.4, -0.2) is 224 Å². The van der Waals surface area contributed by atoms with Crippen molar-refractivity contribution in [3.8, 4) is 0 Å². The Morgan fingerprint density at radius 1 is 0.361 bits per heavy atom. The first kappa shape index (κ1) is 80.6. The second kappa shape index (κ2) is 94.0. The Bertz CT molecular complexity index is 542. The average molecular weight is 909 g/mol. The van der Waals surface area contributed by atoms with Crippen LogP contribution in [-0.2, 0) is 42.6 Å². The minimum absolute atomic E-state index is 0.122. The van der Waals surface area contributed by atoms with E-state index in [2.05, 4.69) is 28.1 Å². The third-order valence-corrected chi connectivity index (χ3v) is 5.61. The molecule has 0 spiro atoms. The molecule has 0 bridgehead atoms. The van der Waals surface area contributed by atoms with Gasteiger partial charge in [0.05, 0.1) is 97.1 Å². The summed E-state index contributed by atoms with van der Waals surface area (Å²) in [6.07, 6.45) is 6.24. The molecule has 4 atom stereocenters. The number of aliphatic hydroxyl groups excluding tert-OH is 9. The molecule has 0 aromatic heterocycles. The number of hydrogen-bond acceptors (Lipinski definition) is 18. The van der Waals surface area contributed by atoms with Crippen LogP contribution in [0.5, 0.6) is 0 Å². The molecule has 0 saturated heterocycles. The van der Waals surface area contributed by atoms with Gasteiger partial charge in [0.15, 0.2) is 0 Å². The predicted octanol–water partition coefficient (Wildman–Crippen LogP) is 2.86. The summed E-state index contributed by atoms with van der Waals surface area (Å²) >= 11 is 0. The highest BCUT2D eigenvalue weighted by Gasteiger charge is 1.94. The van der Waals surface area contributed by atoms with Crippen molar-refractivity contribution in [2.45, 2.75) is 132 Å². The van der Waals surface area contributed by atoms with Crippen LogP contribution in [0.2, 0.25) is 0 Å². The summed E-state index contributed by atoms with van der Waals surface area (Å²) in [6.45, 7) is 25.7. The Kier molecular flexibility index (Phi) is 124. The quantitative estimate of drug-likeness (QED) is 0.0469. The van der Waals surface area contributed by atoms with E-state index in [1.165, 1.54) is 0 Å². The normalized spacial score (nSPS) is 11.5. The van der Waals surface area contributed by atoms with Gasteiger partial charge >= 0.3 is 0 Å². The van der Waals surface area contributed by atoms with Gasteiger partial charge < -0.3 is 88.6 Å². The molecule has 18 nitrogen and oxygen atoms in total. The lowest BCUT2D eigenvalue weighted by atomic mass is 10.3. The summed E-state index contributed by atoms with van der Waals surface area (Å²) in [7, 11) is 6.37. The molecule has 4 unspecified atom stereocenters. The number of ether oxygens (including phenoxy) is 9. The summed E-state index contributed by atoms with van der Waals surface area (Å²) in [5, 5.41) is 74.5. The molecule has 0 saturated carbocycles. The van der Waals surface area contributed by atoms with Gasteiger partial charge in [0, 0.05) is 81.3 Å². The third-order valence-electron chi connectivity index (χ3n) is 5.61. The molecule has 0 aromatic carbocycles. The molecular formula is C43H104O18. The zero-order chi connectivity index (χ0) is 49.1. The molecule has 61 heavy (non-hydrogen) atoms. The van der Waals surface area contributed by atoms with Gasteiger partial charge in [0.25, 0.3) is 0 Å². The topological polar surface area (TPSA) is 265 Å². The second-order valence-corrected chi connectivity index (χ2v) is 12.4.